The van der Waals surface area contributed by atoms with Gasteiger partial charge in [-0.3, -0.25) is 4.79 Å². The molecule has 140 valence electrons. The zero-order chi connectivity index (χ0) is 18.6. The van der Waals surface area contributed by atoms with Crippen molar-refractivity contribution < 1.29 is 4.79 Å². The molecule has 7 heteroatoms. The van der Waals surface area contributed by atoms with E-state index in [1.165, 1.54) is 0 Å². The Morgan fingerprint density at radius 1 is 1.07 bits per heavy atom. The lowest BCUT2D eigenvalue weighted by molar-refractivity contribution is -0.118. The Hall–Kier alpha value is -3.06. The van der Waals surface area contributed by atoms with Gasteiger partial charge in [0.1, 0.15) is 0 Å². The minimum atomic E-state index is 0.613. The molecular weight excluding hydrogens is 340 g/mol. The van der Waals surface area contributed by atoms with Crippen LogP contribution in [0.5, 0.6) is 0 Å². The van der Waals surface area contributed by atoms with Gasteiger partial charge < -0.3 is 20.9 Å². The summed E-state index contributed by atoms with van der Waals surface area (Å²) >= 11 is 0. The van der Waals surface area contributed by atoms with Gasteiger partial charge in [0.2, 0.25) is 6.41 Å². The number of fused-ring (bicyclic) bond motifs is 1. The zero-order valence-corrected chi connectivity index (χ0v) is 15.2. The molecule has 3 aromatic rings. The number of nitrogens with two attached hydrogens (primary N) is 1. The molecule has 1 saturated heterocycles. The highest BCUT2D eigenvalue weighted by Crippen LogP contribution is 2.29. The van der Waals surface area contributed by atoms with Crippen LogP contribution in [0, 0.1) is 0 Å². The monoisotopic (exact) mass is 364 g/mol. The predicted octanol–water partition coefficient (Wildman–Crippen LogP) is 1.65. The molecule has 2 aromatic heterocycles. The first-order chi connectivity index (χ1) is 13.3. The molecule has 3 heterocycles. The molecule has 1 amide bonds. The minimum Gasteiger partial charge on any atom is -0.384 e. The standard InChI is InChI=1S/C20H24N6O/c21-6-8-22-18-3-1-16(2-4-18)17-13-20-19(5-7-23-26(20)14-17)25-11-9-24(15-27)10-12-25/h1-5,7,13-15,22H,6,8-12,21H2. The highest BCUT2D eigenvalue weighted by molar-refractivity contribution is 5.80. The second-order valence-corrected chi connectivity index (χ2v) is 6.70. The summed E-state index contributed by atoms with van der Waals surface area (Å²) in [4.78, 5) is 15.1. The fourth-order valence-electron chi connectivity index (χ4n) is 3.49. The first-order valence-corrected chi connectivity index (χ1v) is 9.24. The van der Waals surface area contributed by atoms with E-state index in [1.807, 2.05) is 15.6 Å². The van der Waals surface area contributed by atoms with Crippen LogP contribution < -0.4 is 16.0 Å². The molecule has 0 radical (unpaired) electrons. The molecular formula is C20H24N6O. The molecule has 0 spiro atoms. The lowest BCUT2D eigenvalue weighted by Crippen LogP contribution is -2.45. The Morgan fingerprint density at radius 3 is 2.56 bits per heavy atom. The third kappa shape index (κ3) is 3.59. The fraction of sp³-hybridized carbons (Fsp3) is 0.300. The van der Waals surface area contributed by atoms with Gasteiger partial charge >= 0.3 is 0 Å². The Labute approximate surface area is 158 Å². The number of rotatable bonds is 6. The van der Waals surface area contributed by atoms with Crippen molar-refractivity contribution in [3.63, 3.8) is 0 Å². The Morgan fingerprint density at radius 2 is 1.85 bits per heavy atom. The van der Waals surface area contributed by atoms with E-state index in [0.717, 1.165) is 67.2 Å². The van der Waals surface area contributed by atoms with Gasteiger partial charge in [-0.25, -0.2) is 4.52 Å². The molecule has 4 rings (SSSR count). The summed E-state index contributed by atoms with van der Waals surface area (Å²) in [6.07, 6.45) is 4.82. The second kappa shape index (κ2) is 7.67. The summed E-state index contributed by atoms with van der Waals surface area (Å²) in [6, 6.07) is 12.6. The van der Waals surface area contributed by atoms with Crippen molar-refractivity contribution in [2.45, 2.75) is 0 Å². The number of piperazine rings is 1. The Kier molecular flexibility index (Phi) is 4.93. The molecule has 0 aliphatic carbocycles. The van der Waals surface area contributed by atoms with Crippen molar-refractivity contribution in [1.82, 2.24) is 14.5 Å². The quantitative estimate of drug-likeness (QED) is 0.650. The highest BCUT2D eigenvalue weighted by atomic mass is 16.1. The van der Waals surface area contributed by atoms with E-state index in [2.05, 4.69) is 57.9 Å². The largest absolute Gasteiger partial charge is 0.384 e. The molecule has 27 heavy (non-hydrogen) atoms. The van der Waals surface area contributed by atoms with Gasteiger partial charge in [-0.1, -0.05) is 12.1 Å². The summed E-state index contributed by atoms with van der Waals surface area (Å²) in [5.41, 5.74) is 11.1. The number of nitrogens with one attached hydrogen (secondary N) is 1. The summed E-state index contributed by atoms with van der Waals surface area (Å²) < 4.78 is 1.93. The van der Waals surface area contributed by atoms with E-state index < -0.39 is 0 Å². The van der Waals surface area contributed by atoms with Crippen LogP contribution in [0.15, 0.2) is 48.8 Å². The van der Waals surface area contributed by atoms with E-state index in [9.17, 15) is 4.79 Å². The lowest BCUT2D eigenvalue weighted by atomic mass is 10.1. The molecule has 1 aliphatic heterocycles. The summed E-state index contributed by atoms with van der Waals surface area (Å²) in [6.45, 7) is 4.55. The summed E-state index contributed by atoms with van der Waals surface area (Å²) in [5.74, 6) is 0. The molecule has 0 unspecified atom stereocenters. The SMILES string of the molecule is NCCNc1ccc(-c2cc3c(N4CCN(C=O)CC4)ccnn3c2)cc1. The Bertz CT molecular complexity index is 912. The molecule has 1 aromatic carbocycles. The number of nitrogens with zero attached hydrogens (tertiary/aromatic N) is 4. The number of anilines is 2. The second-order valence-electron chi connectivity index (χ2n) is 6.70. The normalized spacial score (nSPS) is 14.6. The molecule has 1 fully saturated rings. The van der Waals surface area contributed by atoms with E-state index >= 15 is 0 Å². The van der Waals surface area contributed by atoms with Crippen molar-refractivity contribution >= 4 is 23.3 Å². The number of carbonyl (C=O) groups is 1. The number of hydrogen-bond donors (Lipinski definition) is 2. The zero-order valence-electron chi connectivity index (χ0n) is 15.2. The first-order valence-electron chi connectivity index (χ1n) is 9.24. The van der Waals surface area contributed by atoms with Crippen molar-refractivity contribution in [2.75, 3.05) is 49.5 Å². The van der Waals surface area contributed by atoms with Crippen LogP contribution in [0.2, 0.25) is 0 Å². The number of aromatic nitrogens is 2. The number of amides is 1. The maximum Gasteiger partial charge on any atom is 0.209 e. The maximum absolute atomic E-state index is 10.9. The summed E-state index contributed by atoms with van der Waals surface area (Å²) in [7, 11) is 0. The third-order valence-electron chi connectivity index (χ3n) is 4.98. The smallest absolute Gasteiger partial charge is 0.209 e. The Balaban J connectivity index is 1.60. The van der Waals surface area contributed by atoms with Crippen LogP contribution in [0.1, 0.15) is 0 Å². The number of benzene rings is 1. The molecule has 3 N–H and O–H groups in total. The van der Waals surface area contributed by atoms with Gasteiger partial charge in [0, 0.05) is 62.9 Å². The number of hydrogen-bond acceptors (Lipinski definition) is 5. The predicted molar refractivity (Wildman–Crippen MR) is 108 cm³/mol. The van der Waals surface area contributed by atoms with Crippen molar-refractivity contribution in [1.29, 1.82) is 0 Å². The highest BCUT2D eigenvalue weighted by Gasteiger charge is 2.18. The van der Waals surface area contributed by atoms with Gasteiger partial charge in [0.05, 0.1) is 11.2 Å². The van der Waals surface area contributed by atoms with Crippen molar-refractivity contribution in [3.8, 4) is 11.1 Å². The van der Waals surface area contributed by atoms with E-state index in [1.54, 1.807) is 0 Å². The molecule has 0 bridgehead atoms. The van der Waals surface area contributed by atoms with Crippen LogP contribution >= 0.6 is 0 Å². The van der Waals surface area contributed by atoms with Crippen LogP contribution in [0.3, 0.4) is 0 Å². The topological polar surface area (TPSA) is 78.9 Å². The van der Waals surface area contributed by atoms with E-state index in [4.69, 9.17) is 5.73 Å². The van der Waals surface area contributed by atoms with Gasteiger partial charge in [0.15, 0.2) is 0 Å². The average Bonchev–Trinajstić information content (AvgIpc) is 3.17. The molecule has 0 atom stereocenters. The van der Waals surface area contributed by atoms with Crippen LogP contribution in [-0.2, 0) is 4.79 Å². The van der Waals surface area contributed by atoms with Crippen LogP contribution in [0.25, 0.3) is 16.6 Å². The van der Waals surface area contributed by atoms with E-state index in [-0.39, 0.29) is 0 Å². The molecule has 0 saturated carbocycles. The van der Waals surface area contributed by atoms with Crippen LogP contribution in [0.4, 0.5) is 11.4 Å². The van der Waals surface area contributed by atoms with Crippen LogP contribution in [-0.4, -0.2) is 60.2 Å². The maximum atomic E-state index is 10.9. The van der Waals surface area contributed by atoms with Gasteiger partial charge in [-0.15, -0.1) is 0 Å². The van der Waals surface area contributed by atoms with Crippen molar-refractivity contribution in [2.24, 2.45) is 5.73 Å². The van der Waals surface area contributed by atoms with Crippen molar-refractivity contribution in [3.05, 3.63) is 48.8 Å². The first kappa shape index (κ1) is 17.4. The van der Waals surface area contributed by atoms with Gasteiger partial charge in [0.25, 0.3) is 0 Å². The van der Waals surface area contributed by atoms with Gasteiger partial charge in [-0.05, 0) is 29.8 Å². The average molecular weight is 364 g/mol. The minimum absolute atomic E-state index is 0.613. The van der Waals surface area contributed by atoms with E-state index in [0.29, 0.717) is 6.54 Å². The molecule has 1 aliphatic rings. The third-order valence-corrected chi connectivity index (χ3v) is 4.98. The fourth-order valence-corrected chi connectivity index (χ4v) is 3.49. The van der Waals surface area contributed by atoms with Gasteiger partial charge in [-0.2, -0.15) is 5.10 Å². The number of carbonyl (C=O) groups excluding carboxylic acids is 1. The molecule has 7 nitrogen and oxygen atoms in total. The lowest BCUT2D eigenvalue weighted by Gasteiger charge is -2.34. The summed E-state index contributed by atoms with van der Waals surface area (Å²) in [5, 5.41) is 7.75.